The molecule has 1 atom stereocenters. The number of hydrogen-bond donors (Lipinski definition) is 0. The summed E-state index contributed by atoms with van der Waals surface area (Å²) in [6.45, 7) is 8.89. The van der Waals surface area contributed by atoms with Crippen molar-refractivity contribution in [3.8, 4) is 5.00 Å². The first-order valence-corrected chi connectivity index (χ1v) is 11.9. The number of rotatable bonds is 3. The van der Waals surface area contributed by atoms with Crippen LogP contribution in [-0.4, -0.2) is 32.0 Å². The molecule has 2 aliphatic rings. The number of carbonyl (C=O) groups excluding carboxylic acids is 1. The molecule has 0 spiro atoms. The summed E-state index contributed by atoms with van der Waals surface area (Å²) in [4.78, 5) is 18.4. The standard InChI is InChI=1S/C23H24ClF3N4O2S/c1-11-12(2)34-20-17(11)18(13-6-8-14(24)9-7-13)28-15(10-16(32)33-22(3,4)5)19-29-30-21(31(19)20)23(25,26)27/h6,8,15H,7,9-10H2,1-5H3/t15-/m0/s1. The number of carbonyl (C=O) groups is 1. The molecule has 1 aliphatic heterocycles. The maximum Gasteiger partial charge on any atom is 0.452 e. The van der Waals surface area contributed by atoms with E-state index in [0.29, 0.717) is 34.2 Å². The van der Waals surface area contributed by atoms with Gasteiger partial charge < -0.3 is 4.74 Å². The highest BCUT2D eigenvalue weighted by Crippen LogP contribution is 2.43. The Bertz CT molecular complexity index is 1250. The van der Waals surface area contributed by atoms with E-state index in [2.05, 4.69) is 10.2 Å². The fourth-order valence-corrected chi connectivity index (χ4v) is 5.28. The van der Waals surface area contributed by atoms with E-state index in [4.69, 9.17) is 21.3 Å². The summed E-state index contributed by atoms with van der Waals surface area (Å²) in [6, 6.07) is -1.00. The Morgan fingerprint density at radius 3 is 2.50 bits per heavy atom. The molecule has 182 valence electrons. The van der Waals surface area contributed by atoms with E-state index in [0.717, 1.165) is 20.6 Å². The number of nitrogens with zero attached hydrogens (tertiary/aromatic N) is 4. The summed E-state index contributed by atoms with van der Waals surface area (Å²) >= 11 is 7.37. The predicted molar refractivity (Wildman–Crippen MR) is 125 cm³/mol. The number of halogens is 4. The minimum Gasteiger partial charge on any atom is -0.460 e. The molecule has 6 nitrogen and oxygen atoms in total. The van der Waals surface area contributed by atoms with Gasteiger partial charge in [-0.1, -0.05) is 17.7 Å². The lowest BCUT2D eigenvalue weighted by molar-refractivity contribution is -0.155. The molecule has 34 heavy (non-hydrogen) atoms. The van der Waals surface area contributed by atoms with Crippen molar-refractivity contribution >= 4 is 34.6 Å². The Kier molecular flexibility index (Phi) is 6.27. The average Bonchev–Trinajstić information content (AvgIpc) is 3.23. The first kappa shape index (κ1) is 24.7. The second-order valence-corrected chi connectivity index (χ2v) is 11.0. The maximum atomic E-state index is 14.0. The number of allylic oxidation sites excluding steroid dienone is 4. The molecule has 0 radical (unpaired) electrons. The van der Waals surface area contributed by atoms with Crippen molar-refractivity contribution in [1.82, 2.24) is 14.8 Å². The molecule has 0 saturated heterocycles. The SMILES string of the molecule is Cc1sc2c(c1C)C(C1=CC=C(Cl)CC1)=N[C@@H](CC(=O)OC(C)(C)C)c1nnc(C(F)(F)F)n1-2. The Balaban J connectivity index is 1.95. The van der Waals surface area contributed by atoms with Crippen LogP contribution >= 0.6 is 22.9 Å². The van der Waals surface area contributed by atoms with Gasteiger partial charge in [-0.05, 0) is 64.7 Å². The van der Waals surface area contributed by atoms with E-state index in [9.17, 15) is 18.0 Å². The Hall–Kier alpha value is -2.46. The average molecular weight is 513 g/mol. The van der Waals surface area contributed by atoms with Gasteiger partial charge in [0, 0.05) is 15.5 Å². The fourth-order valence-electron chi connectivity index (χ4n) is 3.95. The van der Waals surface area contributed by atoms with E-state index >= 15 is 0 Å². The Morgan fingerprint density at radius 1 is 1.21 bits per heavy atom. The van der Waals surface area contributed by atoms with Gasteiger partial charge in [0.2, 0.25) is 5.82 Å². The van der Waals surface area contributed by atoms with Crippen LogP contribution in [0.25, 0.3) is 5.00 Å². The van der Waals surface area contributed by atoms with Crippen molar-refractivity contribution < 1.29 is 22.7 Å². The molecular weight excluding hydrogens is 489 g/mol. The summed E-state index contributed by atoms with van der Waals surface area (Å²) in [5, 5.41) is 8.37. The van der Waals surface area contributed by atoms with Crippen LogP contribution in [0.4, 0.5) is 13.2 Å². The van der Waals surface area contributed by atoms with Crippen molar-refractivity contribution in [2.24, 2.45) is 4.99 Å². The smallest absolute Gasteiger partial charge is 0.452 e. The zero-order valence-electron chi connectivity index (χ0n) is 19.4. The zero-order valence-corrected chi connectivity index (χ0v) is 21.0. The van der Waals surface area contributed by atoms with Gasteiger partial charge >= 0.3 is 12.1 Å². The van der Waals surface area contributed by atoms with Gasteiger partial charge in [-0.25, -0.2) is 0 Å². The first-order chi connectivity index (χ1) is 15.8. The highest BCUT2D eigenvalue weighted by Gasteiger charge is 2.43. The molecule has 0 saturated carbocycles. The van der Waals surface area contributed by atoms with Gasteiger partial charge in [0.05, 0.1) is 12.1 Å². The number of aliphatic imine (C=N–C) groups is 1. The first-order valence-electron chi connectivity index (χ1n) is 10.7. The third kappa shape index (κ3) is 4.70. The highest BCUT2D eigenvalue weighted by atomic mass is 35.5. The van der Waals surface area contributed by atoms with Gasteiger partial charge in [-0.15, -0.1) is 21.5 Å². The van der Waals surface area contributed by atoms with Crippen LogP contribution in [0.5, 0.6) is 0 Å². The molecule has 0 fully saturated rings. The number of hydrogen-bond acceptors (Lipinski definition) is 6. The molecule has 11 heteroatoms. The van der Waals surface area contributed by atoms with Gasteiger partial charge in [-0.2, -0.15) is 13.2 Å². The van der Waals surface area contributed by atoms with Crippen LogP contribution in [0.15, 0.2) is 27.7 Å². The number of aromatic nitrogens is 3. The van der Waals surface area contributed by atoms with Crippen molar-refractivity contribution in [2.75, 3.05) is 0 Å². The van der Waals surface area contributed by atoms with Crippen LogP contribution in [-0.2, 0) is 15.7 Å². The molecule has 0 N–H and O–H groups in total. The number of ether oxygens (including phenoxy) is 1. The quantitative estimate of drug-likeness (QED) is 0.447. The van der Waals surface area contributed by atoms with Crippen molar-refractivity contribution in [3.05, 3.63) is 50.4 Å². The third-order valence-corrected chi connectivity index (χ3v) is 7.02. The molecule has 0 bridgehead atoms. The van der Waals surface area contributed by atoms with E-state index in [1.165, 1.54) is 11.3 Å². The monoisotopic (exact) mass is 512 g/mol. The highest BCUT2D eigenvalue weighted by molar-refractivity contribution is 7.15. The number of esters is 1. The second-order valence-electron chi connectivity index (χ2n) is 9.27. The van der Waals surface area contributed by atoms with E-state index < -0.39 is 29.6 Å². The minimum atomic E-state index is -4.74. The van der Waals surface area contributed by atoms with Crippen LogP contribution in [0, 0.1) is 13.8 Å². The summed E-state index contributed by atoms with van der Waals surface area (Å²) in [5.41, 5.74) is 2.06. The summed E-state index contributed by atoms with van der Waals surface area (Å²) in [7, 11) is 0. The van der Waals surface area contributed by atoms with Crippen LogP contribution < -0.4 is 0 Å². The number of fused-ring (bicyclic) bond motifs is 3. The molecule has 2 aromatic rings. The van der Waals surface area contributed by atoms with Gasteiger partial charge in [0.25, 0.3) is 0 Å². The van der Waals surface area contributed by atoms with Gasteiger partial charge in [0.1, 0.15) is 16.6 Å². The molecule has 1 aliphatic carbocycles. The number of alkyl halides is 3. The lowest BCUT2D eigenvalue weighted by atomic mass is 9.93. The molecule has 4 rings (SSSR count). The third-order valence-electron chi connectivity index (χ3n) is 5.51. The van der Waals surface area contributed by atoms with Crippen LogP contribution in [0.1, 0.15) is 73.7 Å². The van der Waals surface area contributed by atoms with Crippen LogP contribution in [0.2, 0.25) is 0 Å². The number of thiophene rings is 1. The number of aryl methyl sites for hydroxylation is 1. The van der Waals surface area contributed by atoms with Crippen molar-refractivity contribution in [1.29, 1.82) is 0 Å². The molecule has 0 aromatic carbocycles. The molecule has 0 amide bonds. The van der Waals surface area contributed by atoms with E-state index in [-0.39, 0.29) is 12.2 Å². The van der Waals surface area contributed by atoms with Crippen LogP contribution in [0.3, 0.4) is 0 Å². The molecular formula is C23H24ClF3N4O2S. The zero-order chi connectivity index (χ0) is 25.0. The van der Waals surface area contributed by atoms with Gasteiger partial charge in [0.15, 0.2) is 5.82 Å². The summed E-state index contributed by atoms with van der Waals surface area (Å²) in [6.07, 6.45) is -0.230. The second kappa shape index (κ2) is 8.64. The maximum absolute atomic E-state index is 14.0. The molecule has 3 heterocycles. The lowest BCUT2D eigenvalue weighted by Crippen LogP contribution is -2.25. The van der Waals surface area contributed by atoms with Crippen molar-refractivity contribution in [3.63, 3.8) is 0 Å². The summed E-state index contributed by atoms with van der Waals surface area (Å²) in [5.74, 6) is -1.76. The van der Waals surface area contributed by atoms with E-state index in [1.54, 1.807) is 26.8 Å². The molecule has 2 aromatic heterocycles. The Labute approximate surface area is 204 Å². The normalized spacial score (nSPS) is 18.4. The van der Waals surface area contributed by atoms with Crippen molar-refractivity contribution in [2.45, 2.75) is 71.7 Å². The predicted octanol–water partition coefficient (Wildman–Crippen LogP) is 6.38. The van der Waals surface area contributed by atoms with E-state index in [1.807, 2.05) is 19.9 Å². The summed E-state index contributed by atoms with van der Waals surface area (Å²) < 4.78 is 48.4. The fraction of sp³-hybridized carbons (Fsp3) is 0.478. The largest absolute Gasteiger partial charge is 0.460 e. The molecule has 0 unspecified atom stereocenters. The minimum absolute atomic E-state index is 0.0410. The lowest BCUT2D eigenvalue weighted by Gasteiger charge is -2.21. The topological polar surface area (TPSA) is 69.4 Å². The Morgan fingerprint density at radius 2 is 1.91 bits per heavy atom. The van der Waals surface area contributed by atoms with Gasteiger partial charge in [-0.3, -0.25) is 14.4 Å².